The Hall–Kier alpha value is -1.30. The first-order chi connectivity index (χ1) is 8.79. The highest BCUT2D eigenvalue weighted by molar-refractivity contribution is 7.15. The second-order valence-electron chi connectivity index (χ2n) is 6.44. The van der Waals surface area contributed by atoms with Crippen molar-refractivity contribution in [2.24, 2.45) is 0 Å². The molecular formula is C13H19N3O2S. The first-order valence-corrected chi connectivity index (χ1v) is 7.34. The molecule has 1 aliphatic heterocycles. The number of nitrogens with two attached hydrogens (primary N) is 1. The lowest BCUT2D eigenvalue weighted by Crippen LogP contribution is -2.61. The average Bonchev–Trinajstić information content (AvgIpc) is 2.68. The number of thiazole rings is 1. The second kappa shape index (κ2) is 3.85. The largest absolute Gasteiger partial charge is 0.444 e. The van der Waals surface area contributed by atoms with Crippen LogP contribution in [-0.4, -0.2) is 34.7 Å². The Balaban J connectivity index is 1.69. The minimum Gasteiger partial charge on any atom is -0.444 e. The molecule has 3 rings (SSSR count). The Labute approximate surface area is 116 Å². The summed E-state index contributed by atoms with van der Waals surface area (Å²) in [4.78, 5) is 19.5. The van der Waals surface area contributed by atoms with Crippen LogP contribution in [0.25, 0.3) is 0 Å². The van der Waals surface area contributed by atoms with E-state index in [0.717, 1.165) is 18.5 Å². The fourth-order valence-corrected chi connectivity index (χ4v) is 3.83. The monoisotopic (exact) mass is 281 g/mol. The maximum atomic E-state index is 12.0. The number of anilines is 1. The zero-order valence-electron chi connectivity index (χ0n) is 11.5. The Bertz CT molecular complexity index is 526. The van der Waals surface area contributed by atoms with Crippen LogP contribution in [0.2, 0.25) is 0 Å². The quantitative estimate of drug-likeness (QED) is 0.791. The molecular weight excluding hydrogens is 262 g/mol. The van der Waals surface area contributed by atoms with Crippen LogP contribution in [0.15, 0.2) is 0 Å². The lowest BCUT2D eigenvalue weighted by Gasteiger charge is -2.47. The van der Waals surface area contributed by atoms with Gasteiger partial charge >= 0.3 is 6.09 Å². The average molecular weight is 281 g/mol. The van der Waals surface area contributed by atoms with Crippen LogP contribution in [0, 0.1) is 0 Å². The van der Waals surface area contributed by atoms with Crippen LogP contribution < -0.4 is 5.73 Å². The van der Waals surface area contributed by atoms with Gasteiger partial charge in [-0.15, -0.1) is 11.3 Å². The van der Waals surface area contributed by atoms with Gasteiger partial charge in [0.2, 0.25) is 0 Å². The van der Waals surface area contributed by atoms with Crippen molar-refractivity contribution in [1.82, 2.24) is 9.88 Å². The van der Waals surface area contributed by atoms with Gasteiger partial charge in [-0.05, 0) is 33.6 Å². The normalized spacial score (nSPS) is 20.3. The van der Waals surface area contributed by atoms with E-state index in [1.807, 2.05) is 20.8 Å². The Morgan fingerprint density at radius 1 is 1.47 bits per heavy atom. The van der Waals surface area contributed by atoms with E-state index in [0.29, 0.717) is 18.2 Å². The second-order valence-corrected chi connectivity index (χ2v) is 7.56. The van der Waals surface area contributed by atoms with E-state index in [9.17, 15) is 4.79 Å². The number of ether oxygens (including phenoxy) is 1. The van der Waals surface area contributed by atoms with Crippen molar-refractivity contribution in [3.63, 3.8) is 0 Å². The van der Waals surface area contributed by atoms with Crippen LogP contribution in [0.4, 0.5) is 9.93 Å². The molecule has 0 saturated carbocycles. The molecule has 104 valence electrons. The summed E-state index contributed by atoms with van der Waals surface area (Å²) < 4.78 is 5.38. The molecule has 0 bridgehead atoms. The molecule has 0 unspecified atom stereocenters. The third-order valence-corrected chi connectivity index (χ3v) is 4.63. The number of nitrogens with zero attached hydrogens (tertiary/aromatic N) is 2. The third-order valence-electron chi connectivity index (χ3n) is 3.69. The number of hydrogen-bond donors (Lipinski definition) is 1. The Kier molecular flexibility index (Phi) is 2.58. The molecule has 19 heavy (non-hydrogen) atoms. The van der Waals surface area contributed by atoms with E-state index >= 15 is 0 Å². The van der Waals surface area contributed by atoms with E-state index in [2.05, 4.69) is 4.98 Å². The molecule has 1 aliphatic carbocycles. The summed E-state index contributed by atoms with van der Waals surface area (Å²) in [5.41, 5.74) is 6.49. The van der Waals surface area contributed by atoms with Gasteiger partial charge in [0.25, 0.3) is 0 Å². The van der Waals surface area contributed by atoms with Crippen LogP contribution in [0.1, 0.15) is 37.8 Å². The number of carbonyl (C=O) groups excluding carboxylic acids is 1. The van der Waals surface area contributed by atoms with Crippen molar-refractivity contribution in [1.29, 1.82) is 0 Å². The van der Waals surface area contributed by atoms with Crippen molar-refractivity contribution in [3.05, 3.63) is 10.6 Å². The lowest BCUT2D eigenvalue weighted by molar-refractivity contribution is -0.0103. The molecule has 1 fully saturated rings. The molecule has 2 heterocycles. The van der Waals surface area contributed by atoms with Crippen LogP contribution in [0.3, 0.4) is 0 Å². The third kappa shape index (κ3) is 2.08. The zero-order chi connectivity index (χ0) is 13.8. The summed E-state index contributed by atoms with van der Waals surface area (Å²) >= 11 is 1.58. The number of hydrogen-bond acceptors (Lipinski definition) is 5. The van der Waals surface area contributed by atoms with E-state index in [-0.39, 0.29) is 11.5 Å². The van der Waals surface area contributed by atoms with Gasteiger partial charge in [-0.1, -0.05) is 0 Å². The number of amides is 1. The number of aromatic nitrogens is 1. The molecule has 0 atom stereocenters. The van der Waals surface area contributed by atoms with Crippen LogP contribution >= 0.6 is 11.3 Å². The Morgan fingerprint density at radius 2 is 2.16 bits per heavy atom. The van der Waals surface area contributed by atoms with Gasteiger partial charge < -0.3 is 15.4 Å². The van der Waals surface area contributed by atoms with E-state index < -0.39 is 5.60 Å². The number of nitrogen functional groups attached to an aromatic ring is 1. The predicted octanol–water partition coefficient (Wildman–Crippen LogP) is 2.16. The van der Waals surface area contributed by atoms with E-state index in [4.69, 9.17) is 10.5 Å². The smallest absolute Gasteiger partial charge is 0.410 e. The van der Waals surface area contributed by atoms with Crippen LogP contribution in [-0.2, 0) is 16.6 Å². The summed E-state index contributed by atoms with van der Waals surface area (Å²) in [7, 11) is 0. The molecule has 0 aromatic carbocycles. The molecule has 0 radical (unpaired) electrons. The minimum atomic E-state index is -0.439. The molecule has 1 saturated heterocycles. The van der Waals surface area contributed by atoms with Gasteiger partial charge in [0.05, 0.1) is 5.69 Å². The molecule has 6 heteroatoms. The van der Waals surface area contributed by atoms with Crippen LogP contribution in [0.5, 0.6) is 0 Å². The molecule has 2 N–H and O–H groups in total. The fourth-order valence-electron chi connectivity index (χ4n) is 2.87. The highest BCUT2D eigenvalue weighted by atomic mass is 32.1. The summed E-state index contributed by atoms with van der Waals surface area (Å²) in [5.74, 6) is 0. The van der Waals surface area contributed by atoms with Gasteiger partial charge in [0, 0.05) is 23.4 Å². The number of rotatable bonds is 0. The van der Waals surface area contributed by atoms with Gasteiger partial charge in [-0.3, -0.25) is 0 Å². The van der Waals surface area contributed by atoms with Crippen molar-refractivity contribution in [2.45, 2.75) is 44.6 Å². The molecule has 2 aliphatic rings. The molecule has 1 spiro atoms. The standard InChI is InChI=1S/C13H19N3O2S/c1-12(2,3)18-11(17)16-6-13(7-16)5-4-8-9(13)15-10(14)19-8/h4-7H2,1-3H3,(H2,14,15). The minimum absolute atomic E-state index is 0.0420. The maximum absolute atomic E-state index is 12.0. The SMILES string of the molecule is CC(C)(C)OC(=O)N1CC2(CCc3sc(N)nc32)C1. The summed E-state index contributed by atoms with van der Waals surface area (Å²) in [5, 5.41) is 0.639. The van der Waals surface area contributed by atoms with E-state index in [1.54, 1.807) is 16.2 Å². The van der Waals surface area contributed by atoms with Gasteiger partial charge in [0.1, 0.15) is 5.60 Å². The number of fused-ring (bicyclic) bond motifs is 2. The summed E-state index contributed by atoms with van der Waals surface area (Å²) in [6.07, 6.45) is 1.88. The summed E-state index contributed by atoms with van der Waals surface area (Å²) in [6.45, 7) is 7.07. The van der Waals surface area contributed by atoms with Gasteiger partial charge in [-0.25, -0.2) is 9.78 Å². The predicted molar refractivity (Wildman–Crippen MR) is 74.3 cm³/mol. The number of aryl methyl sites for hydroxylation is 1. The molecule has 1 aromatic heterocycles. The maximum Gasteiger partial charge on any atom is 0.410 e. The van der Waals surface area contributed by atoms with Gasteiger partial charge in [0.15, 0.2) is 5.13 Å². The first kappa shape index (κ1) is 12.7. The van der Waals surface area contributed by atoms with Gasteiger partial charge in [-0.2, -0.15) is 0 Å². The first-order valence-electron chi connectivity index (χ1n) is 6.53. The Morgan fingerprint density at radius 3 is 2.79 bits per heavy atom. The van der Waals surface area contributed by atoms with Crippen molar-refractivity contribution >= 4 is 22.6 Å². The summed E-state index contributed by atoms with van der Waals surface area (Å²) in [6, 6.07) is 0. The molecule has 1 amide bonds. The van der Waals surface area contributed by atoms with Crippen molar-refractivity contribution in [3.8, 4) is 0 Å². The molecule has 5 nitrogen and oxygen atoms in total. The highest BCUT2D eigenvalue weighted by Crippen LogP contribution is 2.47. The van der Waals surface area contributed by atoms with Crippen molar-refractivity contribution in [2.75, 3.05) is 18.8 Å². The number of likely N-dealkylation sites (tertiary alicyclic amines) is 1. The van der Waals surface area contributed by atoms with Crippen molar-refractivity contribution < 1.29 is 9.53 Å². The fraction of sp³-hybridized carbons (Fsp3) is 0.692. The van der Waals surface area contributed by atoms with E-state index in [1.165, 1.54) is 4.88 Å². The highest BCUT2D eigenvalue weighted by Gasteiger charge is 2.52. The number of carbonyl (C=O) groups is 1. The topological polar surface area (TPSA) is 68.5 Å². The lowest BCUT2D eigenvalue weighted by atomic mass is 9.78. The zero-order valence-corrected chi connectivity index (χ0v) is 12.3. The molecule has 1 aromatic rings.